The van der Waals surface area contributed by atoms with Crippen LogP contribution in [0.2, 0.25) is 0 Å². The van der Waals surface area contributed by atoms with Gasteiger partial charge in [0.15, 0.2) is 5.84 Å². The maximum Gasteiger partial charge on any atom is 0.320 e. The van der Waals surface area contributed by atoms with E-state index in [1.54, 1.807) is 7.05 Å². The summed E-state index contributed by atoms with van der Waals surface area (Å²) in [6.07, 6.45) is 0.527. The van der Waals surface area contributed by atoms with Gasteiger partial charge in [0.05, 0.1) is 0 Å². The summed E-state index contributed by atoms with van der Waals surface area (Å²) in [4.78, 5) is 14.9. The number of hydroxylamine groups is 1. The monoisotopic (exact) mass is 279 g/mol. The number of hydrogen-bond acceptors (Lipinski definition) is 4. The van der Waals surface area contributed by atoms with Gasteiger partial charge in [0.1, 0.15) is 6.04 Å². The van der Waals surface area contributed by atoms with Gasteiger partial charge in [-0.3, -0.25) is 25.8 Å². The highest BCUT2D eigenvalue weighted by molar-refractivity contribution is 5.97. The Bertz CT molecular complexity index is 471. The summed E-state index contributed by atoms with van der Waals surface area (Å²) < 4.78 is 0. The van der Waals surface area contributed by atoms with Gasteiger partial charge < -0.3 is 5.11 Å². The number of rotatable bonds is 6. The Balaban J connectivity index is 2.80. The molecule has 2 atom stereocenters. The molecule has 0 heterocycles. The number of carboxylic acids is 1. The van der Waals surface area contributed by atoms with E-state index in [-0.39, 0.29) is 6.04 Å². The molecule has 0 fully saturated rings. The third-order valence-corrected chi connectivity index (χ3v) is 3.17. The topological polar surface area (TPSA) is 94.0 Å². The van der Waals surface area contributed by atoms with Crippen LogP contribution in [0.4, 0.5) is 0 Å². The zero-order chi connectivity index (χ0) is 15.1. The average molecular weight is 279 g/mol. The van der Waals surface area contributed by atoms with Crippen molar-refractivity contribution in [3.05, 3.63) is 35.4 Å². The second-order valence-electron chi connectivity index (χ2n) is 4.49. The third kappa shape index (κ3) is 4.04. The van der Waals surface area contributed by atoms with E-state index in [4.69, 9.17) is 10.3 Å². The first-order valence-corrected chi connectivity index (χ1v) is 6.49. The Hall–Kier alpha value is -1.92. The lowest BCUT2D eigenvalue weighted by Gasteiger charge is -2.19. The third-order valence-electron chi connectivity index (χ3n) is 3.17. The Labute approximate surface area is 118 Å². The first kappa shape index (κ1) is 16.1. The quantitative estimate of drug-likeness (QED) is 0.360. The van der Waals surface area contributed by atoms with E-state index in [9.17, 15) is 4.79 Å². The molecule has 1 aromatic rings. The second-order valence-corrected chi connectivity index (χ2v) is 4.49. The molecule has 0 radical (unpaired) electrons. The summed E-state index contributed by atoms with van der Waals surface area (Å²) in [5, 5.41) is 21.0. The van der Waals surface area contributed by atoms with Gasteiger partial charge in [0.25, 0.3) is 0 Å². The van der Waals surface area contributed by atoms with Crippen LogP contribution in [-0.2, 0) is 4.79 Å². The van der Waals surface area contributed by atoms with E-state index >= 15 is 0 Å². The molecule has 1 aromatic carbocycles. The van der Waals surface area contributed by atoms with Crippen LogP contribution >= 0.6 is 0 Å². The van der Waals surface area contributed by atoms with Crippen LogP contribution < -0.4 is 10.8 Å². The van der Waals surface area contributed by atoms with Crippen LogP contribution in [0.3, 0.4) is 0 Å². The number of benzene rings is 1. The Kier molecular flexibility index (Phi) is 6.14. The molecule has 0 aliphatic heterocycles. The molecule has 6 heteroatoms. The fourth-order valence-electron chi connectivity index (χ4n) is 1.94. The highest BCUT2D eigenvalue weighted by Crippen LogP contribution is 2.15. The molecule has 0 aliphatic rings. The van der Waals surface area contributed by atoms with Crippen molar-refractivity contribution >= 4 is 11.8 Å². The molecular weight excluding hydrogens is 258 g/mol. The molecule has 0 aromatic heterocycles. The van der Waals surface area contributed by atoms with Crippen LogP contribution in [0, 0.1) is 0 Å². The lowest BCUT2D eigenvalue weighted by Crippen LogP contribution is -2.37. The van der Waals surface area contributed by atoms with Gasteiger partial charge in [-0.15, -0.1) is 0 Å². The highest BCUT2D eigenvalue weighted by atomic mass is 16.5. The molecule has 0 unspecified atom stereocenters. The lowest BCUT2D eigenvalue weighted by molar-refractivity contribution is -0.139. The van der Waals surface area contributed by atoms with Gasteiger partial charge in [-0.05, 0) is 18.9 Å². The van der Waals surface area contributed by atoms with Crippen molar-refractivity contribution in [2.45, 2.75) is 32.4 Å². The van der Waals surface area contributed by atoms with E-state index in [2.05, 4.69) is 10.3 Å². The predicted octanol–water partition coefficient (Wildman–Crippen LogP) is 1.56. The normalized spacial score (nSPS) is 14.7. The zero-order valence-corrected chi connectivity index (χ0v) is 11.9. The number of carboxylic acid groups (broad SMARTS) is 1. The fraction of sp³-hybridized carbons (Fsp3) is 0.429. The summed E-state index contributed by atoms with van der Waals surface area (Å²) in [6.45, 7) is 3.75. The van der Waals surface area contributed by atoms with Crippen molar-refractivity contribution < 1.29 is 15.1 Å². The molecule has 0 saturated heterocycles. The minimum absolute atomic E-state index is 0.0748. The maximum atomic E-state index is 11.0. The van der Waals surface area contributed by atoms with Crippen LogP contribution in [-0.4, -0.2) is 35.2 Å². The standard InChI is InChI=1S/C14H21N3O3/c1-4-12(14(18)19)16-9(2)10-5-7-11(8-6-10)13(15-3)17-20/h5-9,12,16,20H,4H2,1-3H3,(H,15,17)(H,18,19)/t9-,12+/m1/s1. The van der Waals surface area contributed by atoms with Gasteiger partial charge in [-0.25, -0.2) is 0 Å². The highest BCUT2D eigenvalue weighted by Gasteiger charge is 2.18. The Morgan fingerprint density at radius 2 is 1.95 bits per heavy atom. The Morgan fingerprint density at radius 3 is 2.35 bits per heavy atom. The van der Waals surface area contributed by atoms with E-state index in [1.807, 2.05) is 43.6 Å². The van der Waals surface area contributed by atoms with Crippen molar-refractivity contribution in [3.8, 4) is 0 Å². The molecule has 4 N–H and O–H groups in total. The lowest BCUT2D eigenvalue weighted by atomic mass is 10.0. The number of aliphatic imine (C=N–C) groups is 1. The number of hydrogen-bond donors (Lipinski definition) is 4. The minimum atomic E-state index is -0.846. The smallest absolute Gasteiger partial charge is 0.320 e. The number of nitrogens with one attached hydrogen (secondary N) is 2. The molecule has 0 bridgehead atoms. The zero-order valence-electron chi connectivity index (χ0n) is 11.9. The van der Waals surface area contributed by atoms with Crippen LogP contribution in [0.5, 0.6) is 0 Å². The van der Waals surface area contributed by atoms with Crippen molar-refractivity contribution in [1.82, 2.24) is 10.8 Å². The average Bonchev–Trinajstić information content (AvgIpc) is 2.46. The molecule has 0 amide bonds. The first-order chi connectivity index (χ1) is 9.53. The Morgan fingerprint density at radius 1 is 1.35 bits per heavy atom. The second kappa shape index (κ2) is 7.62. The predicted molar refractivity (Wildman–Crippen MR) is 77.1 cm³/mol. The summed E-state index contributed by atoms with van der Waals surface area (Å²) in [6, 6.07) is 6.77. The summed E-state index contributed by atoms with van der Waals surface area (Å²) in [5.74, 6) is -0.463. The summed E-state index contributed by atoms with van der Waals surface area (Å²) >= 11 is 0. The van der Waals surface area contributed by atoms with Gasteiger partial charge in [0, 0.05) is 18.7 Å². The molecule has 20 heavy (non-hydrogen) atoms. The SMILES string of the molecule is CC[C@H](N[C@H](C)c1ccc(C(=NC)NO)cc1)C(=O)O. The fourth-order valence-corrected chi connectivity index (χ4v) is 1.94. The number of aliphatic carboxylic acids is 1. The van der Waals surface area contributed by atoms with Crippen molar-refractivity contribution in [2.24, 2.45) is 4.99 Å². The van der Waals surface area contributed by atoms with Crippen LogP contribution in [0.1, 0.15) is 37.4 Å². The molecule has 0 saturated carbocycles. The van der Waals surface area contributed by atoms with E-state index in [0.717, 1.165) is 11.1 Å². The molecular formula is C14H21N3O3. The van der Waals surface area contributed by atoms with Gasteiger partial charge in [-0.2, -0.15) is 0 Å². The molecule has 6 nitrogen and oxygen atoms in total. The number of amidine groups is 1. The largest absolute Gasteiger partial charge is 0.480 e. The molecule has 0 aliphatic carbocycles. The van der Waals surface area contributed by atoms with Gasteiger partial charge in [-0.1, -0.05) is 31.2 Å². The molecule has 0 spiro atoms. The van der Waals surface area contributed by atoms with E-state index < -0.39 is 12.0 Å². The van der Waals surface area contributed by atoms with Crippen LogP contribution in [0.25, 0.3) is 0 Å². The van der Waals surface area contributed by atoms with E-state index in [0.29, 0.717) is 12.3 Å². The van der Waals surface area contributed by atoms with Gasteiger partial charge in [0.2, 0.25) is 0 Å². The van der Waals surface area contributed by atoms with Crippen molar-refractivity contribution in [3.63, 3.8) is 0 Å². The molecule has 110 valence electrons. The van der Waals surface area contributed by atoms with Crippen molar-refractivity contribution in [1.29, 1.82) is 0 Å². The number of nitrogens with zero attached hydrogens (tertiary/aromatic N) is 1. The summed E-state index contributed by atoms with van der Waals surface area (Å²) in [7, 11) is 1.58. The number of carbonyl (C=O) groups is 1. The van der Waals surface area contributed by atoms with Crippen molar-refractivity contribution in [2.75, 3.05) is 7.05 Å². The van der Waals surface area contributed by atoms with E-state index in [1.165, 1.54) is 0 Å². The minimum Gasteiger partial charge on any atom is -0.480 e. The first-order valence-electron chi connectivity index (χ1n) is 6.49. The summed E-state index contributed by atoms with van der Waals surface area (Å²) in [5.41, 5.74) is 3.76. The van der Waals surface area contributed by atoms with Gasteiger partial charge >= 0.3 is 5.97 Å². The maximum absolute atomic E-state index is 11.0. The van der Waals surface area contributed by atoms with Crippen LogP contribution in [0.15, 0.2) is 29.3 Å². The molecule has 1 rings (SSSR count).